The normalized spacial score (nSPS) is 18.0. The Morgan fingerprint density at radius 3 is 2.91 bits per heavy atom. The van der Waals surface area contributed by atoms with E-state index in [4.69, 9.17) is 4.42 Å². The van der Waals surface area contributed by atoms with E-state index in [1.807, 2.05) is 55.5 Å². The molecule has 3 heterocycles. The smallest absolute Gasteiger partial charge is 0.290 e. The summed E-state index contributed by atoms with van der Waals surface area (Å²) in [6, 6.07) is 7.88. The molecule has 5 nitrogen and oxygen atoms in total. The number of aryl methyl sites for hydroxylation is 2. The largest absolute Gasteiger partial charge is 0.451 e. The van der Waals surface area contributed by atoms with Gasteiger partial charge >= 0.3 is 0 Å². The second-order valence-corrected chi connectivity index (χ2v) is 6.16. The first-order valence-electron chi connectivity index (χ1n) is 7.93. The Balaban J connectivity index is 1.71. The average molecular weight is 309 g/mol. The van der Waals surface area contributed by atoms with Crippen molar-refractivity contribution < 1.29 is 9.21 Å². The predicted octanol–water partition coefficient (Wildman–Crippen LogP) is 3.45. The average Bonchev–Trinajstić information content (AvgIpc) is 3.26. The van der Waals surface area contributed by atoms with E-state index in [0.29, 0.717) is 5.76 Å². The third-order valence-corrected chi connectivity index (χ3v) is 4.66. The SMILES string of the molecule is Cc1c(C(=O)N2CCCC2c2cnn(C)c2)oc2ccccc12. The van der Waals surface area contributed by atoms with Crippen molar-refractivity contribution in [3.63, 3.8) is 0 Å². The molecule has 3 aromatic rings. The van der Waals surface area contributed by atoms with Crippen LogP contribution in [0.5, 0.6) is 0 Å². The molecule has 1 fully saturated rings. The monoisotopic (exact) mass is 309 g/mol. The first kappa shape index (κ1) is 14.1. The Morgan fingerprint density at radius 2 is 2.17 bits per heavy atom. The molecule has 0 N–H and O–H groups in total. The Labute approximate surface area is 134 Å². The van der Waals surface area contributed by atoms with Crippen LogP contribution >= 0.6 is 0 Å². The van der Waals surface area contributed by atoms with Crippen molar-refractivity contribution in [2.24, 2.45) is 7.05 Å². The van der Waals surface area contributed by atoms with Crippen LogP contribution in [0.1, 0.15) is 40.6 Å². The van der Waals surface area contributed by atoms with Gasteiger partial charge in [-0.25, -0.2) is 0 Å². The van der Waals surface area contributed by atoms with Gasteiger partial charge in [-0.15, -0.1) is 0 Å². The van der Waals surface area contributed by atoms with Gasteiger partial charge < -0.3 is 9.32 Å². The van der Waals surface area contributed by atoms with Crippen molar-refractivity contribution in [2.75, 3.05) is 6.54 Å². The molecule has 0 spiro atoms. The minimum Gasteiger partial charge on any atom is -0.451 e. The molecule has 2 aromatic heterocycles. The number of furan rings is 1. The third-order valence-electron chi connectivity index (χ3n) is 4.66. The summed E-state index contributed by atoms with van der Waals surface area (Å²) < 4.78 is 7.63. The van der Waals surface area contributed by atoms with Crippen LogP contribution in [-0.4, -0.2) is 27.1 Å². The zero-order valence-corrected chi connectivity index (χ0v) is 13.3. The van der Waals surface area contributed by atoms with Gasteiger partial charge in [0.25, 0.3) is 5.91 Å². The molecule has 5 heteroatoms. The number of carbonyl (C=O) groups is 1. The molecule has 0 aliphatic carbocycles. The van der Waals surface area contributed by atoms with Crippen LogP contribution in [0.4, 0.5) is 0 Å². The van der Waals surface area contributed by atoms with E-state index in [0.717, 1.165) is 41.5 Å². The molecule has 1 atom stereocenters. The maximum absolute atomic E-state index is 13.0. The summed E-state index contributed by atoms with van der Waals surface area (Å²) in [5.41, 5.74) is 2.78. The summed E-state index contributed by atoms with van der Waals surface area (Å²) in [5.74, 6) is 0.437. The number of rotatable bonds is 2. The van der Waals surface area contributed by atoms with E-state index < -0.39 is 0 Å². The highest BCUT2D eigenvalue weighted by Crippen LogP contribution is 2.35. The first-order chi connectivity index (χ1) is 11.1. The standard InChI is InChI=1S/C18H19N3O2/c1-12-14-6-3-4-8-16(14)23-17(12)18(22)21-9-5-7-15(21)13-10-19-20(2)11-13/h3-4,6,8,10-11,15H,5,7,9H2,1-2H3. The maximum atomic E-state index is 13.0. The van der Waals surface area contributed by atoms with E-state index in [-0.39, 0.29) is 11.9 Å². The summed E-state index contributed by atoms with van der Waals surface area (Å²) in [6.45, 7) is 2.71. The van der Waals surface area contributed by atoms with Crippen LogP contribution in [0.3, 0.4) is 0 Å². The second kappa shape index (κ2) is 5.26. The molecule has 1 amide bonds. The zero-order chi connectivity index (χ0) is 16.0. The Morgan fingerprint density at radius 1 is 1.35 bits per heavy atom. The van der Waals surface area contributed by atoms with Gasteiger partial charge in [0.05, 0.1) is 12.2 Å². The van der Waals surface area contributed by atoms with Gasteiger partial charge in [0.2, 0.25) is 0 Å². The number of hydrogen-bond donors (Lipinski definition) is 0. The van der Waals surface area contributed by atoms with Crippen molar-refractivity contribution in [3.05, 3.63) is 53.5 Å². The second-order valence-electron chi connectivity index (χ2n) is 6.16. The lowest BCUT2D eigenvalue weighted by molar-refractivity contribution is 0.0704. The Kier molecular flexibility index (Phi) is 3.22. The lowest BCUT2D eigenvalue weighted by Crippen LogP contribution is -2.30. The summed E-state index contributed by atoms with van der Waals surface area (Å²) in [5, 5.41) is 5.24. The van der Waals surface area contributed by atoms with Gasteiger partial charge in [-0.1, -0.05) is 18.2 Å². The maximum Gasteiger partial charge on any atom is 0.290 e. The molecule has 0 bridgehead atoms. The van der Waals surface area contributed by atoms with Gasteiger partial charge in [-0.3, -0.25) is 9.48 Å². The van der Waals surface area contributed by atoms with E-state index in [1.165, 1.54) is 0 Å². The number of hydrogen-bond acceptors (Lipinski definition) is 3. The van der Waals surface area contributed by atoms with E-state index in [9.17, 15) is 4.79 Å². The fourth-order valence-electron chi connectivity index (χ4n) is 3.48. The van der Waals surface area contributed by atoms with E-state index >= 15 is 0 Å². The topological polar surface area (TPSA) is 51.3 Å². The fourth-order valence-corrected chi connectivity index (χ4v) is 3.48. The van der Waals surface area contributed by atoms with Crippen molar-refractivity contribution >= 4 is 16.9 Å². The number of aromatic nitrogens is 2. The lowest BCUT2D eigenvalue weighted by atomic mass is 10.1. The van der Waals surface area contributed by atoms with E-state index in [1.54, 1.807) is 4.68 Å². The highest BCUT2D eigenvalue weighted by molar-refractivity contribution is 5.99. The molecule has 0 saturated carbocycles. The Hall–Kier alpha value is -2.56. The van der Waals surface area contributed by atoms with Crippen LogP contribution in [0.15, 0.2) is 41.1 Å². The highest BCUT2D eigenvalue weighted by atomic mass is 16.3. The van der Waals surface area contributed by atoms with Gasteiger partial charge in [-0.2, -0.15) is 5.10 Å². The minimum absolute atomic E-state index is 0.0231. The predicted molar refractivity (Wildman–Crippen MR) is 87.2 cm³/mol. The molecule has 1 saturated heterocycles. The van der Waals surface area contributed by atoms with Crippen LogP contribution in [0, 0.1) is 6.92 Å². The highest BCUT2D eigenvalue weighted by Gasteiger charge is 2.33. The van der Waals surface area contributed by atoms with Crippen LogP contribution < -0.4 is 0 Å². The number of likely N-dealkylation sites (tertiary alicyclic amines) is 1. The molecule has 1 aromatic carbocycles. The summed E-state index contributed by atoms with van der Waals surface area (Å²) in [7, 11) is 1.90. The summed E-state index contributed by atoms with van der Waals surface area (Å²) in [6.07, 6.45) is 5.81. The third kappa shape index (κ3) is 2.23. The number of nitrogens with zero attached hydrogens (tertiary/aromatic N) is 3. The van der Waals surface area contributed by atoms with Gasteiger partial charge in [-0.05, 0) is 25.8 Å². The van der Waals surface area contributed by atoms with Gasteiger partial charge in [0.15, 0.2) is 5.76 Å². The molecule has 0 radical (unpaired) electrons. The van der Waals surface area contributed by atoms with Gasteiger partial charge in [0, 0.05) is 36.3 Å². The number of benzene rings is 1. The fraction of sp³-hybridized carbons (Fsp3) is 0.333. The molecular weight excluding hydrogens is 290 g/mol. The van der Waals surface area contributed by atoms with Crippen molar-refractivity contribution in [1.82, 2.24) is 14.7 Å². The number of fused-ring (bicyclic) bond motifs is 1. The van der Waals surface area contributed by atoms with Crippen LogP contribution in [0.2, 0.25) is 0 Å². The summed E-state index contributed by atoms with van der Waals surface area (Å²) in [4.78, 5) is 15.0. The molecule has 118 valence electrons. The molecule has 4 rings (SSSR count). The quantitative estimate of drug-likeness (QED) is 0.728. The van der Waals surface area contributed by atoms with Gasteiger partial charge in [0.1, 0.15) is 5.58 Å². The Bertz CT molecular complexity index is 877. The van der Waals surface area contributed by atoms with Crippen molar-refractivity contribution in [3.8, 4) is 0 Å². The lowest BCUT2D eigenvalue weighted by Gasteiger charge is -2.23. The molecule has 23 heavy (non-hydrogen) atoms. The zero-order valence-electron chi connectivity index (χ0n) is 13.3. The number of para-hydroxylation sites is 1. The molecule has 1 aliphatic rings. The first-order valence-corrected chi connectivity index (χ1v) is 7.93. The van der Waals surface area contributed by atoms with Crippen molar-refractivity contribution in [1.29, 1.82) is 0 Å². The van der Waals surface area contributed by atoms with Crippen LogP contribution in [0.25, 0.3) is 11.0 Å². The molecular formula is C18H19N3O2. The molecule has 1 unspecified atom stereocenters. The number of carbonyl (C=O) groups excluding carboxylic acids is 1. The minimum atomic E-state index is -0.0231. The summed E-state index contributed by atoms with van der Waals surface area (Å²) >= 11 is 0. The molecule has 1 aliphatic heterocycles. The van der Waals surface area contributed by atoms with Crippen molar-refractivity contribution in [2.45, 2.75) is 25.8 Å². The number of amides is 1. The van der Waals surface area contributed by atoms with Crippen LogP contribution in [-0.2, 0) is 7.05 Å². The van der Waals surface area contributed by atoms with E-state index in [2.05, 4.69) is 5.10 Å².